The van der Waals surface area contributed by atoms with E-state index in [1.165, 1.54) is 19.8 Å². The number of hydrogen-bond donors (Lipinski definition) is 1. The highest BCUT2D eigenvalue weighted by atomic mass is 16.5. The predicted molar refractivity (Wildman–Crippen MR) is 111 cm³/mol. The van der Waals surface area contributed by atoms with Crippen LogP contribution in [0.25, 0.3) is 6.08 Å². The Morgan fingerprint density at radius 3 is 2.63 bits per heavy atom. The van der Waals surface area contributed by atoms with Gasteiger partial charge in [0, 0.05) is 31.4 Å². The maximum atomic E-state index is 11.2. The van der Waals surface area contributed by atoms with Gasteiger partial charge in [-0.15, -0.1) is 0 Å². The summed E-state index contributed by atoms with van der Waals surface area (Å²) in [6, 6.07) is 6.05. The lowest BCUT2D eigenvalue weighted by molar-refractivity contribution is -0.0265. The molecular formula is C22H27N3O5. The molecule has 1 N–H and O–H groups in total. The Bertz CT molecular complexity index is 938. The van der Waals surface area contributed by atoms with E-state index in [4.69, 9.17) is 18.9 Å². The summed E-state index contributed by atoms with van der Waals surface area (Å²) in [5.74, 6) is 2.04. The van der Waals surface area contributed by atoms with Gasteiger partial charge in [0.1, 0.15) is 18.1 Å². The third kappa shape index (κ3) is 4.06. The van der Waals surface area contributed by atoms with Crippen LogP contribution in [0.1, 0.15) is 24.0 Å². The van der Waals surface area contributed by atoms with E-state index in [0.717, 1.165) is 36.7 Å². The second-order valence-corrected chi connectivity index (χ2v) is 7.58. The summed E-state index contributed by atoms with van der Waals surface area (Å²) in [7, 11) is 4.69. The summed E-state index contributed by atoms with van der Waals surface area (Å²) >= 11 is 0. The van der Waals surface area contributed by atoms with Crippen molar-refractivity contribution in [3.63, 3.8) is 0 Å². The van der Waals surface area contributed by atoms with Crippen LogP contribution in [-0.2, 0) is 5.60 Å². The Balaban J connectivity index is 1.43. The minimum Gasteiger partial charge on any atom is -0.497 e. The molecule has 8 nitrogen and oxygen atoms in total. The summed E-state index contributed by atoms with van der Waals surface area (Å²) in [4.78, 5) is 10.7. The van der Waals surface area contributed by atoms with E-state index in [9.17, 15) is 5.11 Å². The Labute approximate surface area is 176 Å². The van der Waals surface area contributed by atoms with Gasteiger partial charge in [-0.3, -0.25) is 4.90 Å². The largest absolute Gasteiger partial charge is 0.497 e. The molecule has 0 spiro atoms. The molecule has 8 heteroatoms. The lowest BCUT2D eigenvalue weighted by Gasteiger charge is -2.39. The molecule has 1 saturated heterocycles. The summed E-state index contributed by atoms with van der Waals surface area (Å²) < 4.78 is 21.6. The monoisotopic (exact) mass is 413 g/mol. The maximum Gasteiger partial charge on any atom is 0.319 e. The average Bonchev–Trinajstić information content (AvgIpc) is 2.79. The third-order valence-electron chi connectivity index (χ3n) is 5.71. The van der Waals surface area contributed by atoms with E-state index in [1.54, 1.807) is 13.3 Å². The second-order valence-electron chi connectivity index (χ2n) is 7.58. The van der Waals surface area contributed by atoms with Crippen LogP contribution < -0.4 is 18.9 Å². The first-order chi connectivity index (χ1) is 14.5. The summed E-state index contributed by atoms with van der Waals surface area (Å²) in [6.45, 7) is 2.85. The third-order valence-corrected chi connectivity index (χ3v) is 5.71. The number of hydrogen-bond acceptors (Lipinski definition) is 8. The van der Waals surface area contributed by atoms with Crippen molar-refractivity contribution in [1.29, 1.82) is 0 Å². The van der Waals surface area contributed by atoms with Crippen molar-refractivity contribution in [3.05, 3.63) is 41.1 Å². The number of piperidine rings is 1. The molecule has 1 aromatic heterocycles. The Hall–Kier alpha value is -2.84. The molecule has 1 fully saturated rings. The number of fused-ring (bicyclic) bond motifs is 1. The number of benzene rings is 1. The summed E-state index contributed by atoms with van der Waals surface area (Å²) in [5.41, 5.74) is 1.81. The molecule has 1 aromatic carbocycles. The lowest BCUT2D eigenvalue weighted by Crippen LogP contribution is -2.44. The van der Waals surface area contributed by atoms with Crippen LogP contribution in [0, 0.1) is 0 Å². The van der Waals surface area contributed by atoms with Gasteiger partial charge in [0.15, 0.2) is 0 Å². The van der Waals surface area contributed by atoms with Gasteiger partial charge in [-0.05, 0) is 42.7 Å². The van der Waals surface area contributed by atoms with Crippen LogP contribution in [0.5, 0.6) is 23.4 Å². The van der Waals surface area contributed by atoms with E-state index in [2.05, 4.69) is 20.9 Å². The van der Waals surface area contributed by atoms with Gasteiger partial charge < -0.3 is 24.1 Å². The molecular weight excluding hydrogens is 386 g/mol. The first kappa shape index (κ1) is 20.4. The van der Waals surface area contributed by atoms with Crippen molar-refractivity contribution < 1.29 is 24.1 Å². The number of ether oxygens (including phenoxy) is 4. The molecule has 160 valence electrons. The van der Waals surface area contributed by atoms with Crippen molar-refractivity contribution in [3.8, 4) is 23.4 Å². The zero-order valence-corrected chi connectivity index (χ0v) is 17.6. The van der Waals surface area contributed by atoms with E-state index in [1.807, 2.05) is 18.2 Å². The van der Waals surface area contributed by atoms with Gasteiger partial charge >= 0.3 is 6.01 Å². The van der Waals surface area contributed by atoms with Gasteiger partial charge in [0.05, 0.1) is 32.5 Å². The van der Waals surface area contributed by atoms with E-state index >= 15 is 0 Å². The van der Waals surface area contributed by atoms with Crippen molar-refractivity contribution in [2.24, 2.45) is 0 Å². The molecule has 0 radical (unpaired) electrons. The number of rotatable bonds is 6. The number of likely N-dealkylation sites (tertiary alicyclic amines) is 1. The molecule has 2 aromatic rings. The highest BCUT2D eigenvalue weighted by Gasteiger charge is 2.37. The SMILES string of the molecule is COc1ccc2c(c1)C=C(CN1CCC(O)(c3cnc(OC)nc3OC)CC1)CO2. The quantitative estimate of drug-likeness (QED) is 0.772. The predicted octanol–water partition coefficient (Wildman–Crippen LogP) is 2.26. The zero-order valence-electron chi connectivity index (χ0n) is 17.6. The highest BCUT2D eigenvalue weighted by Crippen LogP contribution is 2.38. The van der Waals surface area contributed by atoms with Crippen LogP contribution in [0.2, 0.25) is 0 Å². The molecule has 2 aliphatic heterocycles. The fourth-order valence-electron chi connectivity index (χ4n) is 3.98. The Morgan fingerprint density at radius 1 is 1.13 bits per heavy atom. The molecule has 2 aliphatic rings. The molecule has 0 bridgehead atoms. The average molecular weight is 413 g/mol. The molecule has 4 rings (SSSR count). The summed E-state index contributed by atoms with van der Waals surface area (Å²) in [6.07, 6.45) is 4.90. The first-order valence-electron chi connectivity index (χ1n) is 9.95. The number of methoxy groups -OCH3 is 3. The van der Waals surface area contributed by atoms with Crippen LogP contribution in [0.15, 0.2) is 30.0 Å². The molecule has 3 heterocycles. The van der Waals surface area contributed by atoms with Gasteiger partial charge in [-0.1, -0.05) is 0 Å². The normalized spacial score (nSPS) is 18.1. The molecule has 0 saturated carbocycles. The lowest BCUT2D eigenvalue weighted by atomic mass is 9.85. The molecule has 0 unspecified atom stereocenters. The van der Waals surface area contributed by atoms with Crippen LogP contribution >= 0.6 is 0 Å². The van der Waals surface area contributed by atoms with E-state index in [0.29, 0.717) is 30.9 Å². The summed E-state index contributed by atoms with van der Waals surface area (Å²) in [5, 5.41) is 11.2. The number of nitrogens with zero attached hydrogens (tertiary/aromatic N) is 3. The highest BCUT2D eigenvalue weighted by molar-refractivity contribution is 5.64. The van der Waals surface area contributed by atoms with Gasteiger partial charge in [0.25, 0.3) is 0 Å². The van der Waals surface area contributed by atoms with Crippen molar-refractivity contribution >= 4 is 6.08 Å². The smallest absolute Gasteiger partial charge is 0.319 e. The number of aromatic nitrogens is 2. The van der Waals surface area contributed by atoms with Crippen LogP contribution in [-0.4, -0.2) is 67.5 Å². The topological polar surface area (TPSA) is 86.2 Å². The van der Waals surface area contributed by atoms with Crippen molar-refractivity contribution in [2.45, 2.75) is 18.4 Å². The van der Waals surface area contributed by atoms with Crippen molar-refractivity contribution in [1.82, 2.24) is 14.9 Å². The molecule has 30 heavy (non-hydrogen) atoms. The maximum absolute atomic E-state index is 11.2. The van der Waals surface area contributed by atoms with E-state index in [-0.39, 0.29) is 6.01 Å². The number of aliphatic hydroxyl groups is 1. The van der Waals surface area contributed by atoms with Gasteiger partial charge in [-0.25, -0.2) is 4.98 Å². The Morgan fingerprint density at radius 2 is 1.93 bits per heavy atom. The fourth-order valence-corrected chi connectivity index (χ4v) is 3.98. The van der Waals surface area contributed by atoms with Gasteiger partial charge in [-0.2, -0.15) is 4.98 Å². The second kappa shape index (κ2) is 8.49. The van der Waals surface area contributed by atoms with Crippen LogP contribution in [0.4, 0.5) is 0 Å². The molecule has 0 atom stereocenters. The fraction of sp³-hybridized carbons (Fsp3) is 0.455. The Kier molecular flexibility index (Phi) is 5.78. The molecule has 0 amide bonds. The first-order valence-corrected chi connectivity index (χ1v) is 9.95. The standard InChI is InChI=1S/C22H27N3O5/c1-27-17-4-5-19-16(11-17)10-15(14-30-19)13-25-8-6-22(26,7-9-25)18-12-23-21(29-3)24-20(18)28-2/h4-5,10-12,26H,6-9,13-14H2,1-3H3. The molecule has 0 aliphatic carbocycles. The minimum atomic E-state index is -1.02. The van der Waals surface area contributed by atoms with E-state index < -0.39 is 5.60 Å². The minimum absolute atomic E-state index is 0.220. The van der Waals surface area contributed by atoms with Crippen molar-refractivity contribution in [2.75, 3.05) is 47.6 Å². The van der Waals surface area contributed by atoms with Crippen LogP contribution in [0.3, 0.4) is 0 Å². The van der Waals surface area contributed by atoms with Gasteiger partial charge in [0.2, 0.25) is 5.88 Å². The zero-order chi connectivity index (χ0) is 21.1.